The fourth-order valence-corrected chi connectivity index (χ4v) is 7.67. The lowest BCUT2D eigenvalue weighted by atomic mass is 9.59. The van der Waals surface area contributed by atoms with E-state index in [1.54, 1.807) is 4.68 Å². The van der Waals surface area contributed by atoms with Crippen molar-refractivity contribution < 1.29 is 0 Å². The number of fused-ring (bicyclic) bond motifs is 6. The van der Waals surface area contributed by atoms with Gasteiger partial charge in [0.15, 0.2) is 11.5 Å². The summed E-state index contributed by atoms with van der Waals surface area (Å²) in [5.41, 5.74) is 3.53. The van der Waals surface area contributed by atoms with Crippen LogP contribution in [0.5, 0.6) is 0 Å². The van der Waals surface area contributed by atoms with Crippen LogP contribution in [-0.4, -0.2) is 24.7 Å². The largest absolute Gasteiger partial charge is 0.275 e. The van der Waals surface area contributed by atoms with Crippen LogP contribution in [0.4, 0.5) is 5.69 Å². The van der Waals surface area contributed by atoms with Crippen molar-refractivity contribution in [2.24, 2.45) is 18.9 Å². The molecule has 1 aromatic carbocycles. The Morgan fingerprint density at radius 3 is 1.78 bits per heavy atom. The van der Waals surface area contributed by atoms with Gasteiger partial charge in [-0.25, -0.2) is 19.8 Å². The fraction of sp³-hybridized carbons (Fsp3) is 0.567. The quantitative estimate of drug-likeness (QED) is 0.381. The first-order valence-electron chi connectivity index (χ1n) is 13.8. The van der Waals surface area contributed by atoms with E-state index in [9.17, 15) is 0 Å². The van der Waals surface area contributed by atoms with Crippen LogP contribution in [0, 0.1) is 18.4 Å². The number of aromatic nitrogens is 5. The molecule has 6 heteroatoms. The molecule has 184 valence electrons. The Hall–Kier alpha value is -3.07. The van der Waals surface area contributed by atoms with Crippen molar-refractivity contribution in [2.45, 2.75) is 87.9 Å². The lowest BCUT2D eigenvalue weighted by Gasteiger charge is -2.47. The van der Waals surface area contributed by atoms with E-state index in [4.69, 9.17) is 21.5 Å². The minimum Gasteiger partial charge on any atom is -0.275 e. The van der Waals surface area contributed by atoms with Crippen molar-refractivity contribution in [1.82, 2.24) is 24.7 Å². The van der Waals surface area contributed by atoms with E-state index in [0.29, 0.717) is 5.69 Å². The van der Waals surface area contributed by atoms with Crippen LogP contribution in [0.25, 0.3) is 27.5 Å². The van der Waals surface area contributed by atoms with Crippen LogP contribution in [-0.2, 0) is 17.9 Å². The molecule has 0 saturated heterocycles. The topological polar surface area (TPSA) is 60.9 Å². The summed E-state index contributed by atoms with van der Waals surface area (Å²) in [5.74, 6) is 4.62. The highest BCUT2D eigenvalue weighted by atomic mass is 15.2. The highest BCUT2D eigenvalue weighted by Crippen LogP contribution is 2.53. The highest BCUT2D eigenvalue weighted by Gasteiger charge is 2.47. The minimum atomic E-state index is 0.102. The predicted molar refractivity (Wildman–Crippen MR) is 139 cm³/mol. The molecular weight excluding hydrogens is 444 g/mol. The van der Waals surface area contributed by atoms with Crippen LogP contribution in [0.1, 0.15) is 88.7 Å². The second-order valence-electron chi connectivity index (χ2n) is 12.1. The normalized spacial score (nSPS) is 30.9. The Balaban J connectivity index is 1.39. The van der Waals surface area contributed by atoms with E-state index < -0.39 is 0 Å². The van der Waals surface area contributed by atoms with Crippen molar-refractivity contribution in [3.8, 4) is 22.6 Å². The molecule has 36 heavy (non-hydrogen) atoms. The standard InChI is InChI=1S/C30H34N6/c1-31-24-18-22(25-9-16-36(2)35-25)17-23(19-24)26-32-27(29-10-3-20(4-11-29)5-12-29)34-28(33-26)30-13-6-21(7-14-30)8-15-30/h9,16-21H,3-8,10-15H2,2H3. The molecule has 6 aliphatic rings. The van der Waals surface area contributed by atoms with Crippen molar-refractivity contribution in [1.29, 1.82) is 0 Å². The average molecular weight is 479 g/mol. The maximum Gasteiger partial charge on any atom is 0.188 e. The van der Waals surface area contributed by atoms with E-state index in [1.807, 2.05) is 31.4 Å². The van der Waals surface area contributed by atoms with Gasteiger partial charge in [0.1, 0.15) is 11.6 Å². The van der Waals surface area contributed by atoms with Gasteiger partial charge in [-0.15, -0.1) is 0 Å². The molecule has 3 aromatic rings. The van der Waals surface area contributed by atoms with Gasteiger partial charge in [-0.05, 0) is 119 Å². The average Bonchev–Trinajstić information content (AvgIpc) is 3.41. The Labute approximate surface area is 213 Å². The van der Waals surface area contributed by atoms with Crippen molar-refractivity contribution in [3.05, 3.63) is 53.5 Å². The smallest absolute Gasteiger partial charge is 0.188 e. The van der Waals surface area contributed by atoms with Crippen LogP contribution in [0.15, 0.2) is 30.5 Å². The molecule has 0 aliphatic heterocycles. The first-order chi connectivity index (χ1) is 17.5. The zero-order valence-electron chi connectivity index (χ0n) is 21.2. The first kappa shape index (κ1) is 22.2. The van der Waals surface area contributed by atoms with Crippen molar-refractivity contribution >= 4 is 5.69 Å². The lowest BCUT2D eigenvalue weighted by molar-refractivity contribution is 0.117. The van der Waals surface area contributed by atoms with E-state index in [2.05, 4.69) is 16.0 Å². The first-order valence-corrected chi connectivity index (χ1v) is 13.8. The summed E-state index contributed by atoms with van der Waals surface area (Å²) >= 11 is 0. The second-order valence-corrected chi connectivity index (χ2v) is 12.1. The third kappa shape index (κ3) is 3.58. The SMILES string of the molecule is [C-]#[N+]c1cc(-c2ccn(C)n2)cc(-c2nc(C34CCC(CC3)CC4)nc(C34CCC(CC3)CC4)n2)c1. The summed E-state index contributed by atoms with van der Waals surface area (Å²) in [4.78, 5) is 19.6. The van der Waals surface area contributed by atoms with Gasteiger partial charge < -0.3 is 0 Å². The van der Waals surface area contributed by atoms with Crippen LogP contribution >= 0.6 is 0 Å². The number of rotatable bonds is 4. The summed E-state index contributed by atoms with van der Waals surface area (Å²) in [7, 11) is 1.92. The van der Waals surface area contributed by atoms with Gasteiger partial charge in [0.2, 0.25) is 0 Å². The third-order valence-corrected chi connectivity index (χ3v) is 10.1. The highest BCUT2D eigenvalue weighted by molar-refractivity contribution is 5.74. The minimum absolute atomic E-state index is 0.102. The summed E-state index contributed by atoms with van der Waals surface area (Å²) in [6, 6.07) is 7.98. The molecule has 4 bridgehead atoms. The lowest BCUT2D eigenvalue weighted by Crippen LogP contribution is -2.42. The van der Waals surface area contributed by atoms with Gasteiger partial charge in [0, 0.05) is 29.6 Å². The zero-order valence-corrected chi connectivity index (χ0v) is 21.2. The Bertz CT molecular complexity index is 1270. The van der Waals surface area contributed by atoms with Gasteiger partial charge >= 0.3 is 0 Å². The molecule has 6 aliphatic carbocycles. The molecule has 2 heterocycles. The zero-order chi connectivity index (χ0) is 24.3. The third-order valence-electron chi connectivity index (χ3n) is 10.1. The predicted octanol–water partition coefficient (Wildman–Crippen LogP) is 6.93. The Morgan fingerprint density at radius 2 is 1.31 bits per heavy atom. The number of hydrogen-bond acceptors (Lipinski definition) is 4. The van der Waals surface area contributed by atoms with E-state index >= 15 is 0 Å². The number of benzene rings is 1. The van der Waals surface area contributed by atoms with E-state index in [1.165, 1.54) is 77.0 Å². The van der Waals surface area contributed by atoms with Crippen molar-refractivity contribution in [3.63, 3.8) is 0 Å². The van der Waals surface area contributed by atoms with Gasteiger partial charge in [0.25, 0.3) is 0 Å². The maximum atomic E-state index is 7.75. The Kier molecular flexibility index (Phi) is 5.06. The molecule has 0 amide bonds. The van der Waals surface area contributed by atoms with Gasteiger partial charge in [-0.3, -0.25) is 4.68 Å². The summed E-state index contributed by atoms with van der Waals surface area (Å²) < 4.78 is 1.80. The monoisotopic (exact) mass is 478 g/mol. The molecule has 2 aromatic heterocycles. The van der Waals surface area contributed by atoms with E-state index in [0.717, 1.165) is 46.1 Å². The molecular formula is C30H34N6. The van der Waals surface area contributed by atoms with Gasteiger partial charge in [-0.1, -0.05) is 0 Å². The number of aryl methyl sites for hydroxylation is 1. The Morgan fingerprint density at radius 1 is 0.778 bits per heavy atom. The van der Waals surface area contributed by atoms with Crippen LogP contribution in [0.3, 0.4) is 0 Å². The molecule has 0 spiro atoms. The molecule has 0 unspecified atom stereocenters. The molecule has 0 N–H and O–H groups in total. The van der Waals surface area contributed by atoms with Gasteiger partial charge in [0.05, 0.1) is 12.3 Å². The molecule has 6 fully saturated rings. The van der Waals surface area contributed by atoms with Crippen LogP contribution < -0.4 is 0 Å². The molecule has 6 saturated carbocycles. The van der Waals surface area contributed by atoms with E-state index in [-0.39, 0.29) is 10.8 Å². The molecule has 0 atom stereocenters. The summed E-state index contributed by atoms with van der Waals surface area (Å²) in [6.07, 6.45) is 17.0. The molecule has 6 nitrogen and oxygen atoms in total. The fourth-order valence-electron chi connectivity index (χ4n) is 7.67. The van der Waals surface area contributed by atoms with Crippen LogP contribution in [0.2, 0.25) is 0 Å². The summed E-state index contributed by atoms with van der Waals surface area (Å²) in [6.45, 7) is 7.75. The second kappa shape index (κ2) is 8.23. The van der Waals surface area contributed by atoms with Gasteiger partial charge in [-0.2, -0.15) is 5.10 Å². The number of hydrogen-bond donors (Lipinski definition) is 0. The maximum absolute atomic E-state index is 7.75. The summed E-state index contributed by atoms with van der Waals surface area (Å²) in [5, 5.41) is 4.59. The number of nitrogens with zero attached hydrogens (tertiary/aromatic N) is 6. The molecule has 0 radical (unpaired) electrons. The molecule has 9 rings (SSSR count). The van der Waals surface area contributed by atoms with Crippen molar-refractivity contribution in [2.75, 3.05) is 0 Å².